The van der Waals surface area contributed by atoms with Crippen LogP contribution in [0.15, 0.2) is 54.9 Å². The van der Waals surface area contributed by atoms with Crippen LogP contribution in [0, 0.1) is 0 Å². The highest BCUT2D eigenvalue weighted by atomic mass is 16.2. The maximum atomic E-state index is 12.4. The number of nitrogens with zero attached hydrogens (tertiary/aromatic N) is 2. The lowest BCUT2D eigenvalue weighted by Gasteiger charge is -2.19. The first-order chi connectivity index (χ1) is 11.2. The Morgan fingerprint density at radius 1 is 1.26 bits per heavy atom. The zero-order valence-electron chi connectivity index (χ0n) is 13.5. The predicted octanol–water partition coefficient (Wildman–Crippen LogP) is 3.38. The van der Waals surface area contributed by atoms with E-state index in [9.17, 15) is 4.79 Å². The van der Waals surface area contributed by atoms with Crippen LogP contribution < -0.4 is 5.32 Å². The van der Waals surface area contributed by atoms with Crippen molar-refractivity contribution in [2.75, 3.05) is 19.6 Å². The molecule has 3 rings (SSSR count). The van der Waals surface area contributed by atoms with E-state index in [0.29, 0.717) is 18.4 Å². The molecule has 2 heterocycles. The lowest BCUT2D eigenvalue weighted by molar-refractivity contribution is 0.207. The molecule has 2 aromatic rings. The third-order valence-electron chi connectivity index (χ3n) is 4.58. The van der Waals surface area contributed by atoms with Gasteiger partial charge in [-0.25, -0.2) is 4.79 Å². The standard InChI is InChI=1S/C19H23N3O/c1-15(16-5-3-2-4-6-16)13-21-19(23)22-12-9-18(14-22)17-7-10-20-11-8-17/h2-8,10-11,15,18H,9,12-14H2,1H3,(H,21,23)/t15-,18?/m1/s1. The second-order valence-electron chi connectivity index (χ2n) is 6.21. The van der Waals surface area contributed by atoms with Crippen molar-refractivity contribution in [2.45, 2.75) is 25.2 Å². The minimum Gasteiger partial charge on any atom is -0.337 e. The molecular weight excluding hydrogens is 286 g/mol. The molecule has 1 aliphatic heterocycles. The van der Waals surface area contributed by atoms with Gasteiger partial charge in [-0.05, 0) is 35.6 Å². The van der Waals surface area contributed by atoms with Gasteiger partial charge in [0, 0.05) is 37.9 Å². The lowest BCUT2D eigenvalue weighted by Crippen LogP contribution is -2.39. The molecule has 23 heavy (non-hydrogen) atoms. The van der Waals surface area contributed by atoms with Crippen molar-refractivity contribution in [3.63, 3.8) is 0 Å². The SMILES string of the molecule is C[C@H](CNC(=O)N1CCC(c2ccncc2)C1)c1ccccc1. The third-order valence-corrected chi connectivity index (χ3v) is 4.58. The second kappa shape index (κ2) is 7.27. The fourth-order valence-electron chi connectivity index (χ4n) is 3.10. The van der Waals surface area contributed by atoms with Crippen LogP contribution in [0.25, 0.3) is 0 Å². The smallest absolute Gasteiger partial charge is 0.317 e. The summed E-state index contributed by atoms with van der Waals surface area (Å²) >= 11 is 0. The first-order valence-electron chi connectivity index (χ1n) is 8.21. The summed E-state index contributed by atoms with van der Waals surface area (Å²) < 4.78 is 0. The third kappa shape index (κ3) is 3.89. The van der Waals surface area contributed by atoms with Gasteiger partial charge in [0.2, 0.25) is 0 Å². The highest BCUT2D eigenvalue weighted by Gasteiger charge is 2.27. The van der Waals surface area contributed by atoms with Gasteiger partial charge in [-0.2, -0.15) is 0 Å². The highest BCUT2D eigenvalue weighted by Crippen LogP contribution is 2.26. The van der Waals surface area contributed by atoms with Crippen LogP contribution >= 0.6 is 0 Å². The summed E-state index contributed by atoms with van der Waals surface area (Å²) in [6.45, 7) is 4.41. The van der Waals surface area contributed by atoms with E-state index in [1.807, 2.05) is 47.6 Å². The van der Waals surface area contributed by atoms with Crippen molar-refractivity contribution in [1.29, 1.82) is 0 Å². The number of nitrogens with one attached hydrogen (secondary N) is 1. The Kier molecular flexibility index (Phi) is 4.91. The summed E-state index contributed by atoms with van der Waals surface area (Å²) in [6, 6.07) is 14.4. The van der Waals surface area contributed by atoms with Gasteiger partial charge in [-0.1, -0.05) is 37.3 Å². The topological polar surface area (TPSA) is 45.2 Å². The van der Waals surface area contributed by atoms with E-state index < -0.39 is 0 Å². The largest absolute Gasteiger partial charge is 0.337 e. The Balaban J connectivity index is 1.50. The molecule has 1 saturated heterocycles. The molecule has 1 fully saturated rings. The van der Waals surface area contributed by atoms with Gasteiger partial charge in [0.1, 0.15) is 0 Å². The van der Waals surface area contributed by atoms with E-state index in [0.717, 1.165) is 19.5 Å². The number of pyridine rings is 1. The van der Waals surface area contributed by atoms with Gasteiger partial charge in [0.05, 0.1) is 0 Å². The molecule has 4 heteroatoms. The summed E-state index contributed by atoms with van der Waals surface area (Å²) in [6.07, 6.45) is 4.66. The van der Waals surface area contributed by atoms with Crippen molar-refractivity contribution in [1.82, 2.24) is 15.2 Å². The molecular formula is C19H23N3O. The van der Waals surface area contributed by atoms with E-state index in [2.05, 4.69) is 29.4 Å². The van der Waals surface area contributed by atoms with Gasteiger partial charge in [0.15, 0.2) is 0 Å². The van der Waals surface area contributed by atoms with Crippen molar-refractivity contribution in [3.8, 4) is 0 Å². The van der Waals surface area contributed by atoms with Crippen molar-refractivity contribution in [2.24, 2.45) is 0 Å². The Morgan fingerprint density at radius 2 is 2.00 bits per heavy atom. The fourth-order valence-corrected chi connectivity index (χ4v) is 3.10. The average Bonchev–Trinajstić information content (AvgIpc) is 3.11. The number of aromatic nitrogens is 1. The number of hydrogen-bond donors (Lipinski definition) is 1. The van der Waals surface area contributed by atoms with Crippen LogP contribution in [0.1, 0.15) is 36.3 Å². The monoisotopic (exact) mass is 309 g/mol. The lowest BCUT2D eigenvalue weighted by atomic mass is 10.00. The number of amides is 2. The molecule has 0 saturated carbocycles. The number of rotatable bonds is 4. The molecule has 120 valence electrons. The van der Waals surface area contributed by atoms with E-state index >= 15 is 0 Å². The second-order valence-corrected chi connectivity index (χ2v) is 6.21. The molecule has 0 radical (unpaired) electrons. The van der Waals surface area contributed by atoms with E-state index in [-0.39, 0.29) is 6.03 Å². The zero-order chi connectivity index (χ0) is 16.1. The molecule has 1 aromatic carbocycles. The Bertz CT molecular complexity index is 630. The van der Waals surface area contributed by atoms with Gasteiger partial charge >= 0.3 is 6.03 Å². The zero-order valence-corrected chi connectivity index (χ0v) is 13.5. The first-order valence-corrected chi connectivity index (χ1v) is 8.21. The molecule has 1 aromatic heterocycles. The molecule has 1 unspecified atom stereocenters. The maximum Gasteiger partial charge on any atom is 0.317 e. The molecule has 2 amide bonds. The number of hydrogen-bond acceptors (Lipinski definition) is 2. The molecule has 0 spiro atoms. The van der Waals surface area contributed by atoms with Crippen LogP contribution in [0.5, 0.6) is 0 Å². The van der Waals surface area contributed by atoms with Gasteiger partial charge in [-0.15, -0.1) is 0 Å². The Morgan fingerprint density at radius 3 is 2.74 bits per heavy atom. The first kappa shape index (κ1) is 15.5. The van der Waals surface area contributed by atoms with Crippen LogP contribution in [-0.4, -0.2) is 35.5 Å². The van der Waals surface area contributed by atoms with Gasteiger partial charge in [-0.3, -0.25) is 4.98 Å². The normalized spacial score (nSPS) is 18.7. The Labute approximate surface area is 137 Å². The molecule has 1 aliphatic rings. The molecule has 2 atom stereocenters. The fraction of sp³-hybridized carbons (Fsp3) is 0.368. The summed E-state index contributed by atoms with van der Waals surface area (Å²) in [5.74, 6) is 0.744. The quantitative estimate of drug-likeness (QED) is 0.941. The number of carbonyl (C=O) groups excluding carboxylic acids is 1. The minimum atomic E-state index is 0.0457. The highest BCUT2D eigenvalue weighted by molar-refractivity contribution is 5.74. The van der Waals surface area contributed by atoms with E-state index in [1.165, 1.54) is 11.1 Å². The number of carbonyl (C=O) groups is 1. The van der Waals surface area contributed by atoms with Crippen molar-refractivity contribution in [3.05, 3.63) is 66.0 Å². The van der Waals surface area contributed by atoms with E-state index in [4.69, 9.17) is 0 Å². The van der Waals surface area contributed by atoms with Crippen molar-refractivity contribution >= 4 is 6.03 Å². The number of likely N-dealkylation sites (tertiary alicyclic amines) is 1. The number of benzene rings is 1. The van der Waals surface area contributed by atoms with Crippen LogP contribution in [0.2, 0.25) is 0 Å². The average molecular weight is 309 g/mol. The maximum absolute atomic E-state index is 12.4. The molecule has 0 bridgehead atoms. The van der Waals surface area contributed by atoms with Gasteiger partial charge < -0.3 is 10.2 Å². The summed E-state index contributed by atoms with van der Waals surface area (Å²) in [7, 11) is 0. The van der Waals surface area contributed by atoms with Crippen LogP contribution in [-0.2, 0) is 0 Å². The summed E-state index contributed by atoms with van der Waals surface area (Å²) in [4.78, 5) is 18.3. The number of urea groups is 1. The summed E-state index contributed by atoms with van der Waals surface area (Å²) in [5.41, 5.74) is 2.52. The summed E-state index contributed by atoms with van der Waals surface area (Å²) in [5, 5.41) is 3.07. The molecule has 4 nitrogen and oxygen atoms in total. The molecule has 0 aliphatic carbocycles. The minimum absolute atomic E-state index is 0.0457. The van der Waals surface area contributed by atoms with Gasteiger partial charge in [0.25, 0.3) is 0 Å². The Hall–Kier alpha value is -2.36. The molecule has 1 N–H and O–H groups in total. The van der Waals surface area contributed by atoms with Crippen LogP contribution in [0.3, 0.4) is 0 Å². The van der Waals surface area contributed by atoms with E-state index in [1.54, 1.807) is 0 Å². The predicted molar refractivity (Wildman–Crippen MR) is 91.4 cm³/mol. The van der Waals surface area contributed by atoms with Crippen molar-refractivity contribution < 1.29 is 4.79 Å². The van der Waals surface area contributed by atoms with Crippen LogP contribution in [0.4, 0.5) is 4.79 Å².